The Bertz CT molecular complexity index is 448. The van der Waals surface area contributed by atoms with Gasteiger partial charge in [0, 0.05) is 22.8 Å². The van der Waals surface area contributed by atoms with Crippen LogP contribution < -0.4 is 11.1 Å². The summed E-state index contributed by atoms with van der Waals surface area (Å²) in [4.78, 5) is 16.7. The summed E-state index contributed by atoms with van der Waals surface area (Å²) in [5, 5.41) is 4.68. The van der Waals surface area contributed by atoms with Gasteiger partial charge in [0.05, 0.1) is 10.7 Å². The van der Waals surface area contributed by atoms with E-state index in [-0.39, 0.29) is 11.3 Å². The van der Waals surface area contributed by atoms with Gasteiger partial charge in [-0.2, -0.15) is 0 Å². The lowest BCUT2D eigenvalue weighted by Crippen LogP contribution is -2.20. The van der Waals surface area contributed by atoms with Gasteiger partial charge in [-0.05, 0) is 33.2 Å². The number of hydrogen-bond donors (Lipinski definition) is 2. The number of hydrogen-bond acceptors (Lipinski definition) is 4. The molecule has 0 saturated heterocycles. The molecule has 0 fully saturated rings. The van der Waals surface area contributed by atoms with Crippen molar-refractivity contribution in [2.75, 3.05) is 6.54 Å². The molecule has 0 aliphatic rings. The second-order valence-electron chi connectivity index (χ2n) is 6.32. The zero-order chi connectivity index (χ0) is 15.3. The number of nitrogens with one attached hydrogen (secondary N) is 1. The summed E-state index contributed by atoms with van der Waals surface area (Å²) in [5.74, 6) is -0.217. The zero-order valence-corrected chi connectivity index (χ0v) is 14.1. The van der Waals surface area contributed by atoms with Gasteiger partial charge in [-0.3, -0.25) is 4.79 Å². The minimum absolute atomic E-state index is 0.106. The third-order valence-electron chi connectivity index (χ3n) is 3.17. The van der Waals surface area contributed by atoms with E-state index in [1.807, 2.05) is 0 Å². The lowest BCUT2D eigenvalue weighted by molar-refractivity contribution is -0.118. The summed E-state index contributed by atoms with van der Waals surface area (Å²) < 4.78 is 0. The molecule has 3 N–H and O–H groups in total. The molecule has 1 atom stereocenters. The fourth-order valence-corrected chi connectivity index (χ4v) is 3.12. The van der Waals surface area contributed by atoms with Crippen LogP contribution in [0.5, 0.6) is 0 Å². The number of aryl methyl sites for hydroxylation is 1. The molecule has 1 amide bonds. The van der Waals surface area contributed by atoms with Crippen LogP contribution in [-0.4, -0.2) is 17.4 Å². The predicted molar refractivity (Wildman–Crippen MR) is 85.0 cm³/mol. The quantitative estimate of drug-likeness (QED) is 0.760. The first-order valence-electron chi connectivity index (χ1n) is 7.21. The van der Waals surface area contributed by atoms with Crippen molar-refractivity contribution >= 4 is 17.2 Å². The largest absolute Gasteiger partial charge is 0.370 e. The van der Waals surface area contributed by atoms with Gasteiger partial charge in [-0.25, -0.2) is 4.98 Å². The molecule has 0 aromatic carbocycles. The Kier molecular flexibility index (Phi) is 6.14. The maximum absolute atomic E-state index is 10.7. The van der Waals surface area contributed by atoms with Gasteiger partial charge in [-0.1, -0.05) is 20.8 Å². The number of thiazole rings is 1. The Balaban J connectivity index is 2.49. The smallest absolute Gasteiger partial charge is 0.217 e. The summed E-state index contributed by atoms with van der Waals surface area (Å²) in [6.45, 7) is 11.7. The maximum atomic E-state index is 10.7. The summed E-state index contributed by atoms with van der Waals surface area (Å²) in [7, 11) is 0. The van der Waals surface area contributed by atoms with E-state index in [2.05, 4.69) is 44.9 Å². The van der Waals surface area contributed by atoms with Crippen LogP contribution in [0.3, 0.4) is 0 Å². The van der Waals surface area contributed by atoms with Crippen LogP contribution in [0, 0.1) is 6.92 Å². The van der Waals surface area contributed by atoms with Crippen molar-refractivity contribution in [1.82, 2.24) is 10.3 Å². The van der Waals surface area contributed by atoms with Gasteiger partial charge < -0.3 is 11.1 Å². The third kappa shape index (κ3) is 5.21. The SMILES string of the molecule is Cc1nc(C(C)(C)C)sc1C(C)NCCCCC(N)=O. The Hall–Kier alpha value is -0.940. The molecule has 0 aliphatic heterocycles. The van der Waals surface area contributed by atoms with Crippen molar-refractivity contribution in [3.05, 3.63) is 15.6 Å². The Morgan fingerprint density at radius 1 is 1.40 bits per heavy atom. The van der Waals surface area contributed by atoms with Crippen LogP contribution in [0.25, 0.3) is 0 Å². The van der Waals surface area contributed by atoms with Gasteiger partial charge in [0.2, 0.25) is 5.91 Å². The molecular formula is C15H27N3OS. The normalized spacial score (nSPS) is 13.4. The topological polar surface area (TPSA) is 68.0 Å². The zero-order valence-electron chi connectivity index (χ0n) is 13.2. The van der Waals surface area contributed by atoms with E-state index in [9.17, 15) is 4.79 Å². The maximum Gasteiger partial charge on any atom is 0.217 e. The highest BCUT2D eigenvalue weighted by Crippen LogP contribution is 2.32. The second-order valence-corrected chi connectivity index (χ2v) is 7.35. The Labute approximate surface area is 126 Å². The highest BCUT2D eigenvalue weighted by Gasteiger charge is 2.22. The number of nitrogens with two attached hydrogens (primary N) is 1. The molecule has 20 heavy (non-hydrogen) atoms. The molecule has 114 valence electrons. The molecule has 4 nitrogen and oxygen atoms in total. The van der Waals surface area contributed by atoms with Crippen LogP contribution >= 0.6 is 11.3 Å². The fraction of sp³-hybridized carbons (Fsp3) is 0.733. The average molecular weight is 297 g/mol. The molecule has 0 radical (unpaired) electrons. The van der Waals surface area contributed by atoms with E-state index in [4.69, 9.17) is 5.73 Å². The molecule has 0 saturated carbocycles. The number of nitrogens with zero attached hydrogens (tertiary/aromatic N) is 1. The monoisotopic (exact) mass is 297 g/mol. The first-order chi connectivity index (χ1) is 9.21. The number of aromatic nitrogens is 1. The molecule has 1 unspecified atom stereocenters. The number of primary amides is 1. The molecular weight excluding hydrogens is 270 g/mol. The lowest BCUT2D eigenvalue weighted by atomic mass is 9.98. The van der Waals surface area contributed by atoms with E-state index >= 15 is 0 Å². The van der Waals surface area contributed by atoms with E-state index in [1.54, 1.807) is 11.3 Å². The standard InChI is InChI=1S/C15H27N3OS/c1-10(17-9-7-6-8-12(16)19)13-11(2)18-14(20-13)15(3,4)5/h10,17H,6-9H2,1-5H3,(H2,16,19). The van der Waals surface area contributed by atoms with Gasteiger partial charge in [0.25, 0.3) is 0 Å². The molecule has 0 bridgehead atoms. The lowest BCUT2D eigenvalue weighted by Gasteiger charge is -2.14. The number of carbonyl (C=O) groups excluding carboxylic acids is 1. The third-order valence-corrected chi connectivity index (χ3v) is 4.93. The van der Waals surface area contributed by atoms with Crippen LogP contribution in [0.2, 0.25) is 0 Å². The molecule has 1 rings (SSSR count). The summed E-state index contributed by atoms with van der Waals surface area (Å²) in [6, 6.07) is 0.303. The van der Waals surface area contributed by atoms with E-state index in [1.165, 1.54) is 9.88 Å². The summed E-state index contributed by atoms with van der Waals surface area (Å²) in [5.41, 5.74) is 6.35. The predicted octanol–water partition coefficient (Wildman–Crippen LogP) is 3.06. The number of carbonyl (C=O) groups is 1. The first kappa shape index (κ1) is 17.1. The van der Waals surface area contributed by atoms with E-state index in [0.717, 1.165) is 25.1 Å². The number of unbranched alkanes of at least 4 members (excludes halogenated alkanes) is 1. The molecule has 0 aliphatic carbocycles. The van der Waals surface area contributed by atoms with E-state index < -0.39 is 0 Å². The van der Waals surface area contributed by atoms with Crippen molar-refractivity contribution in [2.45, 2.75) is 65.3 Å². The summed E-state index contributed by atoms with van der Waals surface area (Å²) >= 11 is 1.80. The molecule has 1 aromatic heterocycles. The Morgan fingerprint density at radius 3 is 2.55 bits per heavy atom. The highest BCUT2D eigenvalue weighted by atomic mass is 32.1. The van der Waals surface area contributed by atoms with Crippen molar-refractivity contribution in [2.24, 2.45) is 5.73 Å². The van der Waals surface area contributed by atoms with Crippen LogP contribution in [0.15, 0.2) is 0 Å². The van der Waals surface area contributed by atoms with Crippen LogP contribution in [-0.2, 0) is 10.2 Å². The minimum Gasteiger partial charge on any atom is -0.370 e. The van der Waals surface area contributed by atoms with Crippen LogP contribution in [0.4, 0.5) is 0 Å². The van der Waals surface area contributed by atoms with E-state index in [0.29, 0.717) is 12.5 Å². The second kappa shape index (κ2) is 7.18. The molecule has 1 aromatic rings. The number of amides is 1. The Morgan fingerprint density at radius 2 is 2.05 bits per heavy atom. The minimum atomic E-state index is -0.217. The molecule has 0 spiro atoms. The first-order valence-corrected chi connectivity index (χ1v) is 8.03. The fourth-order valence-electron chi connectivity index (χ4n) is 1.97. The van der Waals surface area contributed by atoms with Crippen LogP contribution in [0.1, 0.15) is 68.6 Å². The van der Waals surface area contributed by atoms with Crippen molar-refractivity contribution in [3.8, 4) is 0 Å². The summed E-state index contributed by atoms with van der Waals surface area (Å²) in [6.07, 6.45) is 2.30. The van der Waals surface area contributed by atoms with Crippen molar-refractivity contribution < 1.29 is 4.79 Å². The van der Waals surface area contributed by atoms with Crippen molar-refractivity contribution in [3.63, 3.8) is 0 Å². The van der Waals surface area contributed by atoms with Gasteiger partial charge in [0.1, 0.15) is 0 Å². The van der Waals surface area contributed by atoms with Gasteiger partial charge in [0.15, 0.2) is 0 Å². The highest BCUT2D eigenvalue weighted by molar-refractivity contribution is 7.12. The van der Waals surface area contributed by atoms with Crippen molar-refractivity contribution in [1.29, 1.82) is 0 Å². The van der Waals surface area contributed by atoms with Gasteiger partial charge in [-0.15, -0.1) is 11.3 Å². The molecule has 5 heteroatoms. The molecule has 1 heterocycles. The average Bonchev–Trinajstić information content (AvgIpc) is 2.70. The number of rotatable bonds is 7. The van der Waals surface area contributed by atoms with Gasteiger partial charge >= 0.3 is 0 Å².